The molecule has 244 valence electrons. The number of likely N-dealkylation sites (tertiary alicyclic amines) is 1. The molecule has 2 saturated heterocycles. The molecule has 1 atom stereocenters. The highest BCUT2D eigenvalue weighted by molar-refractivity contribution is 6.35. The van der Waals surface area contributed by atoms with Crippen molar-refractivity contribution in [1.29, 1.82) is 0 Å². The Hall–Kier alpha value is -4.42. The van der Waals surface area contributed by atoms with E-state index in [0.29, 0.717) is 64.8 Å². The van der Waals surface area contributed by atoms with Crippen molar-refractivity contribution >= 4 is 29.1 Å². The Morgan fingerprint density at radius 3 is 2.66 bits per heavy atom. The van der Waals surface area contributed by atoms with Crippen molar-refractivity contribution in [3.05, 3.63) is 88.3 Å². The Labute approximate surface area is 279 Å². The van der Waals surface area contributed by atoms with E-state index in [1.54, 1.807) is 32.7 Å². The number of aromatic nitrogens is 3. The van der Waals surface area contributed by atoms with Crippen LogP contribution in [-0.2, 0) is 22.6 Å². The maximum atomic E-state index is 13.2. The van der Waals surface area contributed by atoms with E-state index < -0.39 is 0 Å². The zero-order valence-corrected chi connectivity index (χ0v) is 27.4. The number of methoxy groups -OCH3 is 2. The largest absolute Gasteiger partial charge is 0.481 e. The summed E-state index contributed by atoms with van der Waals surface area (Å²) < 4.78 is 11.0. The second kappa shape index (κ2) is 14.6. The van der Waals surface area contributed by atoms with Gasteiger partial charge in [0.1, 0.15) is 5.69 Å². The number of ether oxygens (including phenoxy) is 2. The minimum atomic E-state index is -0.299. The first-order valence-electron chi connectivity index (χ1n) is 15.6. The van der Waals surface area contributed by atoms with Crippen LogP contribution in [0.3, 0.4) is 0 Å². The van der Waals surface area contributed by atoms with Crippen molar-refractivity contribution in [3.8, 4) is 28.4 Å². The lowest BCUT2D eigenvalue weighted by atomic mass is 10.0. The Morgan fingerprint density at radius 2 is 1.94 bits per heavy atom. The van der Waals surface area contributed by atoms with Gasteiger partial charge in [0.05, 0.1) is 29.6 Å². The molecular weight excluding hydrogens is 618 g/mol. The van der Waals surface area contributed by atoms with Crippen LogP contribution in [0.15, 0.2) is 60.9 Å². The van der Waals surface area contributed by atoms with E-state index in [0.717, 1.165) is 48.3 Å². The third-order valence-corrected chi connectivity index (χ3v) is 9.03. The smallest absolute Gasteiger partial charge is 0.274 e. The van der Waals surface area contributed by atoms with E-state index in [4.69, 9.17) is 26.1 Å². The first-order valence-corrected chi connectivity index (χ1v) is 16.0. The predicted molar refractivity (Wildman–Crippen MR) is 180 cm³/mol. The van der Waals surface area contributed by atoms with Gasteiger partial charge in [-0.05, 0) is 48.7 Å². The summed E-state index contributed by atoms with van der Waals surface area (Å²) in [6, 6.07) is 15.1. The molecule has 11 nitrogen and oxygen atoms in total. The highest BCUT2D eigenvalue weighted by Crippen LogP contribution is 2.38. The topological polar surface area (TPSA) is 131 Å². The number of amides is 2. The molecular formula is C35H38ClN7O4. The summed E-state index contributed by atoms with van der Waals surface area (Å²) in [5.41, 5.74) is 6.44. The second-order valence-electron chi connectivity index (χ2n) is 11.9. The molecule has 0 radical (unpaired) electrons. The number of hydrogen-bond donors (Lipinski definition) is 3. The zero-order chi connectivity index (χ0) is 32.9. The van der Waals surface area contributed by atoms with E-state index in [9.17, 15) is 9.59 Å². The van der Waals surface area contributed by atoms with Crippen LogP contribution in [0.2, 0.25) is 5.02 Å². The normalized spacial score (nSPS) is 16.5. The summed E-state index contributed by atoms with van der Waals surface area (Å²) in [7, 11) is 3.32. The molecule has 0 unspecified atom stereocenters. The number of halogens is 1. The summed E-state index contributed by atoms with van der Waals surface area (Å²) in [4.78, 5) is 40.7. The van der Waals surface area contributed by atoms with Crippen molar-refractivity contribution in [2.45, 2.75) is 45.0 Å². The summed E-state index contributed by atoms with van der Waals surface area (Å²) in [6.45, 7) is 5.71. The molecule has 4 aromatic rings. The van der Waals surface area contributed by atoms with Crippen molar-refractivity contribution in [2.75, 3.05) is 39.2 Å². The average Bonchev–Trinajstić information content (AvgIpc) is 3.48. The first-order chi connectivity index (χ1) is 22.8. The van der Waals surface area contributed by atoms with Crippen LogP contribution in [0.4, 0.5) is 5.69 Å². The molecule has 2 fully saturated rings. The van der Waals surface area contributed by atoms with Crippen LogP contribution < -0.4 is 20.7 Å². The highest BCUT2D eigenvalue weighted by Gasteiger charge is 2.26. The van der Waals surface area contributed by atoms with E-state index in [2.05, 4.69) is 30.8 Å². The number of nitrogens with one attached hydrogen (secondary N) is 3. The first kappa shape index (κ1) is 32.5. The molecule has 0 spiro atoms. The second-order valence-corrected chi connectivity index (χ2v) is 12.2. The fraction of sp³-hybridized carbons (Fsp3) is 0.343. The lowest BCUT2D eigenvalue weighted by Gasteiger charge is -2.38. The number of hydrogen-bond acceptors (Lipinski definition) is 9. The molecule has 0 saturated carbocycles. The number of benzene rings is 1. The molecule has 1 aromatic carbocycles. The molecule has 12 heteroatoms. The van der Waals surface area contributed by atoms with Gasteiger partial charge in [0.2, 0.25) is 11.8 Å². The lowest BCUT2D eigenvalue weighted by Crippen LogP contribution is -2.50. The number of rotatable bonds is 12. The fourth-order valence-corrected chi connectivity index (χ4v) is 6.21. The third-order valence-electron chi connectivity index (χ3n) is 8.65. The van der Waals surface area contributed by atoms with Crippen LogP contribution in [0, 0.1) is 6.92 Å². The number of carbonyl (C=O) groups excluding carboxylic acids is 2. The molecule has 3 N–H and O–H groups in total. The van der Waals surface area contributed by atoms with Crippen molar-refractivity contribution in [1.82, 2.24) is 30.5 Å². The van der Waals surface area contributed by atoms with E-state index in [1.807, 2.05) is 49.4 Å². The van der Waals surface area contributed by atoms with Gasteiger partial charge in [-0.1, -0.05) is 35.9 Å². The number of carbonyl (C=O) groups is 2. The van der Waals surface area contributed by atoms with Gasteiger partial charge < -0.3 is 25.4 Å². The monoisotopic (exact) mass is 655 g/mol. The van der Waals surface area contributed by atoms with Crippen molar-refractivity contribution in [3.63, 3.8) is 0 Å². The fourth-order valence-electron chi connectivity index (χ4n) is 5.90. The van der Waals surface area contributed by atoms with Gasteiger partial charge in [-0.15, -0.1) is 0 Å². The summed E-state index contributed by atoms with van der Waals surface area (Å²) in [5, 5.41) is 9.79. The van der Waals surface area contributed by atoms with Crippen LogP contribution in [0.25, 0.3) is 22.5 Å². The number of pyridine rings is 3. The Bertz CT molecular complexity index is 1760. The van der Waals surface area contributed by atoms with Gasteiger partial charge in [-0.25, -0.2) is 4.98 Å². The van der Waals surface area contributed by atoms with Gasteiger partial charge in [0.25, 0.3) is 5.91 Å². The molecule has 5 heterocycles. The molecule has 6 rings (SSSR count). The average molecular weight is 656 g/mol. The van der Waals surface area contributed by atoms with Crippen LogP contribution in [0.5, 0.6) is 5.88 Å². The minimum Gasteiger partial charge on any atom is -0.481 e. The van der Waals surface area contributed by atoms with Gasteiger partial charge >= 0.3 is 0 Å². The summed E-state index contributed by atoms with van der Waals surface area (Å²) in [5.74, 6) is 0.285. The Balaban J connectivity index is 1.15. The molecule has 2 aliphatic heterocycles. The van der Waals surface area contributed by atoms with Gasteiger partial charge in [0, 0.05) is 87.1 Å². The summed E-state index contributed by atoms with van der Waals surface area (Å²) >= 11 is 6.99. The lowest BCUT2D eigenvalue weighted by molar-refractivity contribution is -0.119. The zero-order valence-electron chi connectivity index (χ0n) is 26.7. The van der Waals surface area contributed by atoms with Crippen molar-refractivity contribution in [2.24, 2.45) is 0 Å². The van der Waals surface area contributed by atoms with E-state index in [-0.39, 0.29) is 17.9 Å². The van der Waals surface area contributed by atoms with Crippen molar-refractivity contribution < 1.29 is 19.1 Å². The van der Waals surface area contributed by atoms with Crippen LogP contribution in [0.1, 0.15) is 40.0 Å². The SMILES string of the molecule is COc1nc(-c2ccnc(-c3cccc(NC(=O)c4ccc(CN5CC(OC)C5)cn4)c3C)c2Cl)ccc1CNC[C@H]1CCC(=O)N1. The molecule has 0 aliphatic carbocycles. The quantitative estimate of drug-likeness (QED) is 0.200. The standard InChI is InChI=1S/C35H38ClN7O4/c1-21-26(5-4-6-28(21)41-34(45)30-10-7-22(15-39-30)18-43-19-25(20-43)46-2)33-32(36)27(13-14-38-33)29-11-8-23(35(42-29)47-3)16-37-17-24-9-12-31(44)40-24/h4-8,10-11,13-15,24-25,37H,9,12,16-20H2,1-3H3,(H,40,44)(H,41,45)/t24-/m1/s1. The van der Waals surface area contributed by atoms with Gasteiger partial charge in [0.15, 0.2) is 0 Å². The Kier molecular flexibility index (Phi) is 10.1. The van der Waals surface area contributed by atoms with E-state index >= 15 is 0 Å². The summed E-state index contributed by atoms with van der Waals surface area (Å²) in [6.07, 6.45) is 5.14. The van der Waals surface area contributed by atoms with E-state index in [1.165, 1.54) is 0 Å². The van der Waals surface area contributed by atoms with Crippen LogP contribution >= 0.6 is 11.6 Å². The van der Waals surface area contributed by atoms with Gasteiger partial charge in [-0.3, -0.25) is 24.5 Å². The Morgan fingerprint density at radius 1 is 1.09 bits per heavy atom. The maximum Gasteiger partial charge on any atom is 0.274 e. The molecule has 0 bridgehead atoms. The molecule has 2 amide bonds. The molecule has 47 heavy (non-hydrogen) atoms. The maximum absolute atomic E-state index is 13.2. The minimum absolute atomic E-state index is 0.0959. The third kappa shape index (κ3) is 7.44. The molecule has 2 aliphatic rings. The number of anilines is 1. The predicted octanol–water partition coefficient (Wildman–Crippen LogP) is 4.63. The highest BCUT2D eigenvalue weighted by atomic mass is 35.5. The number of nitrogens with zero attached hydrogens (tertiary/aromatic N) is 4. The van der Waals surface area contributed by atoms with Crippen LogP contribution in [-0.4, -0.2) is 77.7 Å². The molecule has 3 aromatic heterocycles. The van der Waals surface area contributed by atoms with Gasteiger partial charge in [-0.2, -0.15) is 0 Å².